The van der Waals surface area contributed by atoms with Crippen molar-refractivity contribution >= 4 is 11.6 Å². The molecule has 0 amide bonds. The Labute approximate surface area is 123 Å². The monoisotopic (exact) mass is 284 g/mol. The van der Waals surface area contributed by atoms with Gasteiger partial charge in [0.15, 0.2) is 11.6 Å². The molecule has 21 heavy (non-hydrogen) atoms. The number of carbonyl (C=O) groups is 2. The summed E-state index contributed by atoms with van der Waals surface area (Å²) in [6.45, 7) is 7.25. The summed E-state index contributed by atoms with van der Waals surface area (Å²) in [4.78, 5) is 25.3. The molecule has 0 heterocycles. The van der Waals surface area contributed by atoms with Crippen molar-refractivity contribution in [3.05, 3.63) is 59.7 Å². The van der Waals surface area contributed by atoms with Gasteiger partial charge in [0, 0.05) is 22.8 Å². The summed E-state index contributed by atoms with van der Waals surface area (Å²) < 4.78 is 5.13. The predicted octanol–water partition coefficient (Wildman–Crippen LogP) is 3.23. The highest BCUT2D eigenvalue weighted by Gasteiger charge is 2.33. The van der Waals surface area contributed by atoms with Gasteiger partial charge in [-0.2, -0.15) is 0 Å². The predicted molar refractivity (Wildman–Crippen MR) is 80.0 cm³/mol. The largest absolute Gasteiger partial charge is 0.508 e. The van der Waals surface area contributed by atoms with E-state index < -0.39 is 0 Å². The van der Waals surface area contributed by atoms with Gasteiger partial charge >= 0.3 is 0 Å². The number of allylic oxidation sites excluding steroid dienone is 4. The molecule has 0 radical (unpaired) electrons. The fraction of sp³-hybridized carbons (Fsp3) is 0.176. The van der Waals surface area contributed by atoms with Crippen molar-refractivity contribution in [2.45, 2.75) is 12.8 Å². The molecule has 0 bridgehead atoms. The van der Waals surface area contributed by atoms with E-state index in [0.717, 1.165) is 0 Å². The molecule has 1 aromatic rings. The number of benzene rings is 1. The van der Waals surface area contributed by atoms with E-state index in [2.05, 4.69) is 13.2 Å². The highest BCUT2D eigenvalue weighted by Crippen LogP contribution is 2.37. The number of phenolic OH excluding ortho intramolecular Hbond substituents is 1. The average molecular weight is 284 g/mol. The van der Waals surface area contributed by atoms with Crippen LogP contribution in [-0.4, -0.2) is 23.8 Å². The van der Waals surface area contributed by atoms with Crippen molar-refractivity contribution in [3.8, 4) is 11.5 Å². The molecule has 0 spiro atoms. The summed E-state index contributed by atoms with van der Waals surface area (Å²) in [6.07, 6.45) is 3.76. The summed E-state index contributed by atoms with van der Waals surface area (Å²) in [7, 11) is 1.39. The first-order valence-electron chi connectivity index (χ1n) is 6.49. The molecule has 0 aliphatic heterocycles. The third kappa shape index (κ3) is 2.40. The molecule has 2 rings (SSSR count). The van der Waals surface area contributed by atoms with Crippen LogP contribution in [0.2, 0.25) is 0 Å². The lowest BCUT2D eigenvalue weighted by Gasteiger charge is -2.22. The molecule has 1 aromatic carbocycles. The van der Waals surface area contributed by atoms with E-state index in [9.17, 15) is 14.7 Å². The third-order valence-corrected chi connectivity index (χ3v) is 3.39. The van der Waals surface area contributed by atoms with Crippen molar-refractivity contribution in [1.29, 1.82) is 0 Å². The highest BCUT2D eigenvalue weighted by atomic mass is 16.5. The molecule has 108 valence electrons. The summed E-state index contributed by atoms with van der Waals surface area (Å²) in [6, 6.07) is 2.62. The number of aromatic hydroxyl groups is 1. The fourth-order valence-corrected chi connectivity index (χ4v) is 2.48. The van der Waals surface area contributed by atoms with Crippen LogP contribution in [0.1, 0.15) is 33.6 Å². The Morgan fingerprint density at radius 3 is 2.19 bits per heavy atom. The number of hydrogen-bond donors (Lipinski definition) is 1. The normalized spacial score (nSPS) is 14.0. The zero-order valence-corrected chi connectivity index (χ0v) is 11.8. The van der Waals surface area contributed by atoms with Crippen LogP contribution in [-0.2, 0) is 0 Å². The summed E-state index contributed by atoms with van der Waals surface area (Å²) in [5.74, 6) is -0.465. The standard InChI is InChI=1S/C17H16O4/c1-4-6-11-12(7-5-2)17(20)15-13(16(11)19)8-10(18)9-14(15)21-3/h4-5,8-9,18H,1-2,6-7H2,3H3. The quantitative estimate of drug-likeness (QED) is 0.843. The van der Waals surface area contributed by atoms with Crippen molar-refractivity contribution in [1.82, 2.24) is 0 Å². The van der Waals surface area contributed by atoms with Crippen LogP contribution in [0.3, 0.4) is 0 Å². The Morgan fingerprint density at radius 1 is 1.10 bits per heavy atom. The third-order valence-electron chi connectivity index (χ3n) is 3.39. The lowest BCUT2D eigenvalue weighted by atomic mass is 9.81. The molecule has 1 aliphatic carbocycles. The molecular formula is C17H16O4. The minimum Gasteiger partial charge on any atom is -0.508 e. The smallest absolute Gasteiger partial charge is 0.194 e. The van der Waals surface area contributed by atoms with Crippen LogP contribution in [0.15, 0.2) is 48.6 Å². The Hall–Kier alpha value is -2.62. The maximum Gasteiger partial charge on any atom is 0.194 e. The number of Topliss-reactive ketones (excluding diaryl/α,β-unsaturated/α-hetero) is 2. The number of rotatable bonds is 5. The van der Waals surface area contributed by atoms with E-state index in [1.165, 1.54) is 19.2 Å². The number of fused-ring (bicyclic) bond motifs is 1. The first kappa shape index (κ1) is 14.8. The second kappa shape index (κ2) is 5.79. The van der Waals surface area contributed by atoms with Gasteiger partial charge in [-0.1, -0.05) is 12.2 Å². The topological polar surface area (TPSA) is 63.6 Å². The molecule has 0 saturated carbocycles. The number of ether oxygens (including phenoxy) is 1. The van der Waals surface area contributed by atoms with Gasteiger partial charge in [0.05, 0.1) is 12.7 Å². The van der Waals surface area contributed by atoms with Crippen LogP contribution in [0.4, 0.5) is 0 Å². The molecule has 0 unspecified atom stereocenters. The number of carbonyl (C=O) groups excluding carboxylic acids is 2. The average Bonchev–Trinajstić information content (AvgIpc) is 2.47. The van der Waals surface area contributed by atoms with E-state index in [4.69, 9.17) is 4.74 Å². The SMILES string of the molecule is C=CCC1=C(CC=C)C(=O)c2c(OC)cc(O)cc2C1=O. The van der Waals surface area contributed by atoms with Crippen molar-refractivity contribution in [2.24, 2.45) is 0 Å². The molecule has 0 fully saturated rings. The van der Waals surface area contributed by atoms with Gasteiger partial charge in [-0.3, -0.25) is 9.59 Å². The Morgan fingerprint density at radius 2 is 1.67 bits per heavy atom. The van der Waals surface area contributed by atoms with Crippen LogP contribution in [0.5, 0.6) is 11.5 Å². The van der Waals surface area contributed by atoms with Crippen LogP contribution >= 0.6 is 0 Å². The Balaban J connectivity index is 2.74. The lowest BCUT2D eigenvalue weighted by molar-refractivity contribution is 0.0968. The second-order valence-corrected chi connectivity index (χ2v) is 4.67. The molecule has 1 N–H and O–H groups in total. The van der Waals surface area contributed by atoms with Gasteiger partial charge in [0.25, 0.3) is 0 Å². The summed E-state index contributed by atoms with van der Waals surface area (Å²) in [5, 5.41) is 9.69. The maximum atomic E-state index is 12.7. The molecule has 0 aromatic heterocycles. The molecular weight excluding hydrogens is 268 g/mol. The van der Waals surface area contributed by atoms with Crippen LogP contribution in [0, 0.1) is 0 Å². The van der Waals surface area contributed by atoms with Crippen LogP contribution in [0.25, 0.3) is 0 Å². The lowest BCUT2D eigenvalue weighted by Crippen LogP contribution is -2.22. The summed E-state index contributed by atoms with van der Waals surface area (Å²) in [5.41, 5.74) is 1.17. The molecule has 0 saturated heterocycles. The van der Waals surface area contributed by atoms with E-state index in [1.807, 2.05) is 0 Å². The van der Waals surface area contributed by atoms with E-state index in [1.54, 1.807) is 12.2 Å². The minimum absolute atomic E-state index is 0.114. The Bertz CT molecular complexity index is 680. The number of ketones is 2. The fourth-order valence-electron chi connectivity index (χ4n) is 2.48. The molecule has 1 aliphatic rings. The van der Waals surface area contributed by atoms with E-state index in [0.29, 0.717) is 24.0 Å². The molecule has 4 nitrogen and oxygen atoms in total. The Kier molecular flexibility index (Phi) is 4.08. The van der Waals surface area contributed by atoms with Gasteiger partial charge < -0.3 is 9.84 Å². The van der Waals surface area contributed by atoms with Gasteiger partial charge in [-0.25, -0.2) is 0 Å². The molecule has 0 atom stereocenters. The van der Waals surface area contributed by atoms with Crippen LogP contribution < -0.4 is 4.74 Å². The zero-order valence-electron chi connectivity index (χ0n) is 11.8. The first-order valence-corrected chi connectivity index (χ1v) is 6.49. The van der Waals surface area contributed by atoms with Crippen molar-refractivity contribution in [2.75, 3.05) is 7.11 Å². The second-order valence-electron chi connectivity index (χ2n) is 4.67. The number of phenols is 1. The van der Waals surface area contributed by atoms with Crippen molar-refractivity contribution in [3.63, 3.8) is 0 Å². The van der Waals surface area contributed by atoms with Gasteiger partial charge in [-0.05, 0) is 18.9 Å². The minimum atomic E-state index is -0.282. The van der Waals surface area contributed by atoms with Crippen molar-refractivity contribution < 1.29 is 19.4 Å². The summed E-state index contributed by atoms with van der Waals surface area (Å²) >= 11 is 0. The first-order chi connectivity index (χ1) is 10.0. The van der Waals surface area contributed by atoms with Gasteiger partial charge in [0.2, 0.25) is 0 Å². The van der Waals surface area contributed by atoms with E-state index >= 15 is 0 Å². The molecule has 4 heteroatoms. The zero-order chi connectivity index (χ0) is 15.6. The van der Waals surface area contributed by atoms with Gasteiger partial charge in [-0.15, -0.1) is 13.2 Å². The number of methoxy groups -OCH3 is 1. The highest BCUT2D eigenvalue weighted by molar-refractivity contribution is 6.28. The van der Waals surface area contributed by atoms with Gasteiger partial charge in [0.1, 0.15) is 11.5 Å². The van der Waals surface area contributed by atoms with E-state index in [-0.39, 0.29) is 34.2 Å². The maximum absolute atomic E-state index is 12.7. The number of hydrogen-bond acceptors (Lipinski definition) is 4.